The summed E-state index contributed by atoms with van der Waals surface area (Å²) in [6, 6.07) is 5.19. The molecule has 4 rings (SSSR count). The van der Waals surface area contributed by atoms with E-state index >= 15 is 0 Å². The average molecular weight is 313 g/mol. The first-order chi connectivity index (χ1) is 11.4. The van der Waals surface area contributed by atoms with Gasteiger partial charge in [0, 0.05) is 37.0 Å². The monoisotopic (exact) mass is 313 g/mol. The van der Waals surface area contributed by atoms with Crippen molar-refractivity contribution >= 4 is 11.0 Å². The maximum atomic E-state index is 5.51. The van der Waals surface area contributed by atoms with E-state index in [1.807, 2.05) is 6.20 Å². The fourth-order valence-electron chi connectivity index (χ4n) is 4.24. The second-order valence-electron chi connectivity index (χ2n) is 7.14. The number of fused-ring (bicyclic) bond motifs is 1. The van der Waals surface area contributed by atoms with E-state index < -0.39 is 0 Å². The molecule has 0 aromatic carbocycles. The molecule has 0 aliphatic carbocycles. The van der Waals surface area contributed by atoms with Crippen LogP contribution < -0.4 is 0 Å². The minimum atomic E-state index is 0.764. The van der Waals surface area contributed by atoms with Gasteiger partial charge in [0.1, 0.15) is 5.65 Å². The van der Waals surface area contributed by atoms with Crippen molar-refractivity contribution in [1.82, 2.24) is 14.9 Å². The second kappa shape index (κ2) is 7.02. The largest absolute Gasteiger partial charge is 0.381 e. The summed E-state index contributed by atoms with van der Waals surface area (Å²) in [5, 5.41) is 1.24. The number of likely N-dealkylation sites (tertiary alicyclic amines) is 1. The number of pyridine rings is 1. The second-order valence-corrected chi connectivity index (χ2v) is 7.14. The Morgan fingerprint density at radius 3 is 3.00 bits per heavy atom. The predicted octanol–water partition coefficient (Wildman–Crippen LogP) is 3.39. The Kier molecular flexibility index (Phi) is 4.62. The lowest BCUT2D eigenvalue weighted by Gasteiger charge is -2.33. The fourth-order valence-corrected chi connectivity index (χ4v) is 4.24. The van der Waals surface area contributed by atoms with Crippen molar-refractivity contribution in [2.45, 2.75) is 44.6 Å². The van der Waals surface area contributed by atoms with E-state index in [2.05, 4.69) is 33.2 Å². The van der Waals surface area contributed by atoms with Crippen molar-refractivity contribution in [2.24, 2.45) is 5.92 Å². The first kappa shape index (κ1) is 15.2. The third-order valence-corrected chi connectivity index (χ3v) is 5.57. The Hall–Kier alpha value is -1.39. The van der Waals surface area contributed by atoms with Crippen LogP contribution in [0.15, 0.2) is 24.5 Å². The Morgan fingerprint density at radius 2 is 2.09 bits per heavy atom. The van der Waals surface area contributed by atoms with Crippen molar-refractivity contribution in [1.29, 1.82) is 0 Å². The zero-order chi connectivity index (χ0) is 15.5. The van der Waals surface area contributed by atoms with Crippen LogP contribution in [0.5, 0.6) is 0 Å². The van der Waals surface area contributed by atoms with Gasteiger partial charge >= 0.3 is 0 Å². The van der Waals surface area contributed by atoms with Crippen LogP contribution in [0.25, 0.3) is 11.0 Å². The van der Waals surface area contributed by atoms with Crippen LogP contribution in [0, 0.1) is 5.92 Å². The number of hydrogen-bond donors (Lipinski definition) is 1. The molecular formula is C19H27N3O. The summed E-state index contributed by atoms with van der Waals surface area (Å²) in [5.74, 6) is 0.804. The molecule has 0 spiro atoms. The van der Waals surface area contributed by atoms with E-state index in [1.165, 1.54) is 62.6 Å². The molecule has 4 heteroatoms. The summed E-state index contributed by atoms with van der Waals surface area (Å²) in [6.45, 7) is 4.44. The molecule has 0 bridgehead atoms. The van der Waals surface area contributed by atoms with Crippen LogP contribution in [0.2, 0.25) is 0 Å². The summed E-state index contributed by atoms with van der Waals surface area (Å²) in [7, 11) is 0. The standard InChI is InChI=1S/C19H27N3O/c1-2-15(4-9-22(8-1)18-5-10-23-11-6-18)12-16-13-17-3-7-20-19(17)21-14-16/h3,7,13-15,18H,1-2,4-6,8-12H2,(H,20,21). The molecule has 0 radical (unpaired) electrons. The van der Waals surface area contributed by atoms with E-state index in [-0.39, 0.29) is 0 Å². The van der Waals surface area contributed by atoms with Gasteiger partial charge in [-0.3, -0.25) is 0 Å². The van der Waals surface area contributed by atoms with Crippen molar-refractivity contribution in [3.63, 3.8) is 0 Å². The summed E-state index contributed by atoms with van der Waals surface area (Å²) < 4.78 is 5.51. The maximum absolute atomic E-state index is 5.51. The lowest BCUT2D eigenvalue weighted by molar-refractivity contribution is 0.0349. The molecule has 2 saturated heterocycles. The maximum Gasteiger partial charge on any atom is 0.137 e. The first-order valence-corrected chi connectivity index (χ1v) is 9.12. The molecule has 2 aromatic rings. The third kappa shape index (κ3) is 3.59. The Bertz CT molecular complexity index is 632. The van der Waals surface area contributed by atoms with Crippen LogP contribution in [0.3, 0.4) is 0 Å². The van der Waals surface area contributed by atoms with Crippen LogP contribution in [0.1, 0.15) is 37.7 Å². The quantitative estimate of drug-likeness (QED) is 0.944. The average Bonchev–Trinajstić information content (AvgIpc) is 2.93. The molecule has 4 heterocycles. The lowest BCUT2D eigenvalue weighted by Crippen LogP contribution is -2.40. The fraction of sp³-hybridized carbons (Fsp3) is 0.632. The normalized spacial score (nSPS) is 24.8. The highest BCUT2D eigenvalue weighted by molar-refractivity contribution is 5.75. The Morgan fingerprint density at radius 1 is 1.17 bits per heavy atom. The molecule has 2 aliphatic rings. The summed E-state index contributed by atoms with van der Waals surface area (Å²) in [4.78, 5) is 10.4. The van der Waals surface area contributed by atoms with Crippen molar-refractivity contribution in [3.05, 3.63) is 30.1 Å². The zero-order valence-corrected chi connectivity index (χ0v) is 13.8. The molecule has 1 N–H and O–H groups in total. The van der Waals surface area contributed by atoms with Crippen molar-refractivity contribution in [3.8, 4) is 0 Å². The van der Waals surface area contributed by atoms with Gasteiger partial charge in [0.25, 0.3) is 0 Å². The molecule has 4 nitrogen and oxygen atoms in total. The van der Waals surface area contributed by atoms with Gasteiger partial charge in [0.2, 0.25) is 0 Å². The van der Waals surface area contributed by atoms with Gasteiger partial charge in [-0.15, -0.1) is 0 Å². The molecule has 2 aliphatic heterocycles. The van der Waals surface area contributed by atoms with Gasteiger partial charge in [-0.2, -0.15) is 0 Å². The van der Waals surface area contributed by atoms with E-state index in [1.54, 1.807) is 0 Å². The highest BCUT2D eigenvalue weighted by atomic mass is 16.5. The molecule has 2 fully saturated rings. The highest BCUT2D eigenvalue weighted by Crippen LogP contribution is 2.25. The van der Waals surface area contributed by atoms with Gasteiger partial charge in [-0.25, -0.2) is 4.98 Å². The van der Waals surface area contributed by atoms with E-state index in [0.717, 1.165) is 30.8 Å². The number of nitrogens with one attached hydrogen (secondary N) is 1. The number of hydrogen-bond acceptors (Lipinski definition) is 3. The summed E-state index contributed by atoms with van der Waals surface area (Å²) in [6.07, 6.45) is 11.7. The molecule has 0 amide bonds. The predicted molar refractivity (Wildman–Crippen MR) is 92.6 cm³/mol. The highest BCUT2D eigenvalue weighted by Gasteiger charge is 2.24. The number of ether oxygens (including phenoxy) is 1. The molecule has 0 saturated carbocycles. The van der Waals surface area contributed by atoms with E-state index in [4.69, 9.17) is 4.74 Å². The van der Waals surface area contributed by atoms with Crippen LogP contribution in [0.4, 0.5) is 0 Å². The number of aromatic nitrogens is 2. The molecule has 124 valence electrons. The molecule has 2 aromatic heterocycles. The van der Waals surface area contributed by atoms with Crippen LogP contribution in [-0.4, -0.2) is 47.2 Å². The summed E-state index contributed by atoms with van der Waals surface area (Å²) in [5.41, 5.74) is 2.39. The van der Waals surface area contributed by atoms with Gasteiger partial charge < -0.3 is 14.6 Å². The number of H-pyrrole nitrogens is 1. The zero-order valence-electron chi connectivity index (χ0n) is 13.8. The Balaban J connectivity index is 1.36. The minimum Gasteiger partial charge on any atom is -0.381 e. The lowest BCUT2D eigenvalue weighted by atomic mass is 9.93. The number of nitrogens with zero attached hydrogens (tertiary/aromatic N) is 2. The van der Waals surface area contributed by atoms with Crippen molar-refractivity contribution < 1.29 is 4.74 Å². The summed E-state index contributed by atoms with van der Waals surface area (Å²) >= 11 is 0. The third-order valence-electron chi connectivity index (χ3n) is 5.57. The van der Waals surface area contributed by atoms with Gasteiger partial charge in [-0.1, -0.05) is 0 Å². The Labute approximate surface area is 138 Å². The van der Waals surface area contributed by atoms with E-state index in [9.17, 15) is 0 Å². The number of rotatable bonds is 3. The van der Waals surface area contributed by atoms with Crippen LogP contribution >= 0.6 is 0 Å². The van der Waals surface area contributed by atoms with Crippen molar-refractivity contribution in [2.75, 3.05) is 26.3 Å². The smallest absolute Gasteiger partial charge is 0.137 e. The van der Waals surface area contributed by atoms with Gasteiger partial charge in [0.05, 0.1) is 0 Å². The van der Waals surface area contributed by atoms with Gasteiger partial charge in [0.15, 0.2) is 0 Å². The number of aromatic amines is 1. The van der Waals surface area contributed by atoms with Gasteiger partial charge in [-0.05, 0) is 75.2 Å². The van der Waals surface area contributed by atoms with Crippen LogP contribution in [-0.2, 0) is 11.2 Å². The molecule has 23 heavy (non-hydrogen) atoms. The van der Waals surface area contributed by atoms with E-state index in [0.29, 0.717) is 0 Å². The molecular weight excluding hydrogens is 286 g/mol. The first-order valence-electron chi connectivity index (χ1n) is 9.12. The topological polar surface area (TPSA) is 41.1 Å². The molecule has 1 unspecified atom stereocenters. The minimum absolute atomic E-state index is 0.764. The SMILES string of the molecule is c1cc2cc(CC3CCCN(C4CCOCC4)CC3)cnc2[nH]1. The molecule has 1 atom stereocenters.